The standard InChI is InChI=1S/C9H15N3O3S/c10-6-9-11-8(12-15-9)5-7-3-1-2-4-16(7,13)14/h7H,1-6,10H2. The average Bonchev–Trinajstić information content (AvgIpc) is 2.69. The highest BCUT2D eigenvalue weighted by atomic mass is 32.2. The molecule has 1 aromatic rings. The highest BCUT2D eigenvalue weighted by molar-refractivity contribution is 7.92. The van der Waals surface area contributed by atoms with Crippen molar-refractivity contribution in [2.45, 2.75) is 37.5 Å². The summed E-state index contributed by atoms with van der Waals surface area (Å²) in [5.41, 5.74) is 5.34. The van der Waals surface area contributed by atoms with Crippen molar-refractivity contribution >= 4 is 9.84 Å². The van der Waals surface area contributed by atoms with Crippen LogP contribution in [0.25, 0.3) is 0 Å². The predicted molar refractivity (Wildman–Crippen MR) is 57.3 cm³/mol. The summed E-state index contributed by atoms with van der Waals surface area (Å²) >= 11 is 0. The molecule has 0 aromatic carbocycles. The van der Waals surface area contributed by atoms with E-state index in [0.29, 0.717) is 24.6 Å². The van der Waals surface area contributed by atoms with Gasteiger partial charge in [-0.3, -0.25) is 0 Å². The van der Waals surface area contributed by atoms with Crippen molar-refractivity contribution in [2.75, 3.05) is 5.75 Å². The summed E-state index contributed by atoms with van der Waals surface area (Å²) in [5, 5.41) is 3.36. The van der Waals surface area contributed by atoms with Gasteiger partial charge in [0.1, 0.15) is 0 Å². The van der Waals surface area contributed by atoms with Gasteiger partial charge in [0.25, 0.3) is 0 Å². The fourth-order valence-electron chi connectivity index (χ4n) is 1.91. The number of aromatic nitrogens is 2. The highest BCUT2D eigenvalue weighted by Crippen LogP contribution is 2.22. The van der Waals surface area contributed by atoms with Crippen LogP contribution in [-0.2, 0) is 22.8 Å². The van der Waals surface area contributed by atoms with Gasteiger partial charge in [-0.1, -0.05) is 11.6 Å². The maximum atomic E-state index is 11.8. The van der Waals surface area contributed by atoms with Gasteiger partial charge in [0, 0.05) is 6.42 Å². The van der Waals surface area contributed by atoms with Gasteiger partial charge < -0.3 is 10.3 Å². The minimum absolute atomic E-state index is 0.185. The molecule has 2 heterocycles. The van der Waals surface area contributed by atoms with Gasteiger partial charge in [-0.2, -0.15) is 4.98 Å². The summed E-state index contributed by atoms with van der Waals surface area (Å²) in [5.74, 6) is 1.07. The van der Waals surface area contributed by atoms with E-state index in [2.05, 4.69) is 10.1 Å². The summed E-state index contributed by atoms with van der Waals surface area (Å²) in [6.07, 6.45) is 2.74. The maximum Gasteiger partial charge on any atom is 0.240 e. The van der Waals surface area contributed by atoms with Gasteiger partial charge in [-0.25, -0.2) is 8.42 Å². The molecule has 0 saturated carbocycles. The van der Waals surface area contributed by atoms with E-state index >= 15 is 0 Å². The van der Waals surface area contributed by atoms with E-state index in [4.69, 9.17) is 10.3 Å². The zero-order chi connectivity index (χ0) is 11.6. The number of hydrogen-bond acceptors (Lipinski definition) is 6. The first-order chi connectivity index (χ1) is 7.62. The van der Waals surface area contributed by atoms with E-state index < -0.39 is 9.84 Å². The van der Waals surface area contributed by atoms with Crippen LogP contribution in [0.5, 0.6) is 0 Å². The third-order valence-electron chi connectivity index (χ3n) is 2.81. The first-order valence-electron chi connectivity index (χ1n) is 5.35. The number of nitrogens with zero attached hydrogens (tertiary/aromatic N) is 2. The molecule has 90 valence electrons. The van der Waals surface area contributed by atoms with Crippen LogP contribution in [0.3, 0.4) is 0 Å². The molecule has 1 aromatic heterocycles. The van der Waals surface area contributed by atoms with Crippen LogP contribution in [0.2, 0.25) is 0 Å². The molecule has 1 unspecified atom stereocenters. The van der Waals surface area contributed by atoms with Crippen LogP contribution >= 0.6 is 0 Å². The minimum atomic E-state index is -2.97. The molecule has 7 heteroatoms. The molecule has 6 nitrogen and oxygen atoms in total. The van der Waals surface area contributed by atoms with Crippen molar-refractivity contribution in [1.29, 1.82) is 0 Å². The topological polar surface area (TPSA) is 99.1 Å². The van der Waals surface area contributed by atoms with Crippen LogP contribution < -0.4 is 5.73 Å². The molecule has 0 spiro atoms. The lowest BCUT2D eigenvalue weighted by atomic mass is 10.1. The lowest BCUT2D eigenvalue weighted by Crippen LogP contribution is -2.30. The molecule has 0 amide bonds. The van der Waals surface area contributed by atoms with Crippen molar-refractivity contribution in [2.24, 2.45) is 5.73 Å². The molecule has 2 N–H and O–H groups in total. The second-order valence-corrected chi connectivity index (χ2v) is 6.40. The van der Waals surface area contributed by atoms with E-state index in [0.717, 1.165) is 12.8 Å². The second kappa shape index (κ2) is 4.50. The fraction of sp³-hybridized carbons (Fsp3) is 0.778. The first kappa shape index (κ1) is 11.5. The zero-order valence-corrected chi connectivity index (χ0v) is 9.74. The van der Waals surface area contributed by atoms with Crippen molar-refractivity contribution in [1.82, 2.24) is 10.1 Å². The SMILES string of the molecule is NCc1nc(CC2CCCCS2(=O)=O)no1. The summed E-state index contributed by atoms with van der Waals surface area (Å²) in [6, 6.07) is 0. The number of rotatable bonds is 3. The Labute approximate surface area is 94.1 Å². The van der Waals surface area contributed by atoms with Gasteiger partial charge in [-0.15, -0.1) is 0 Å². The van der Waals surface area contributed by atoms with Crippen LogP contribution in [0.4, 0.5) is 0 Å². The number of sulfone groups is 1. The Morgan fingerprint density at radius 1 is 1.44 bits per heavy atom. The molecule has 1 atom stereocenters. The normalized spacial score (nSPS) is 24.4. The zero-order valence-electron chi connectivity index (χ0n) is 8.92. The van der Waals surface area contributed by atoms with E-state index in [9.17, 15) is 8.42 Å². The maximum absolute atomic E-state index is 11.8. The monoisotopic (exact) mass is 245 g/mol. The van der Waals surface area contributed by atoms with Gasteiger partial charge >= 0.3 is 0 Å². The van der Waals surface area contributed by atoms with Gasteiger partial charge in [0.2, 0.25) is 5.89 Å². The summed E-state index contributed by atoms with van der Waals surface area (Å²) in [4.78, 5) is 4.02. The first-order valence-corrected chi connectivity index (χ1v) is 7.06. The molecule has 16 heavy (non-hydrogen) atoms. The largest absolute Gasteiger partial charge is 0.338 e. The molecular weight excluding hydrogens is 230 g/mol. The molecule has 1 saturated heterocycles. The summed E-state index contributed by atoms with van der Waals surface area (Å²) < 4.78 is 28.3. The molecule has 1 aliphatic heterocycles. The van der Waals surface area contributed by atoms with Crippen molar-refractivity contribution in [3.8, 4) is 0 Å². The van der Waals surface area contributed by atoms with Crippen LogP contribution in [0.15, 0.2) is 4.52 Å². The molecule has 0 bridgehead atoms. The summed E-state index contributed by atoms with van der Waals surface area (Å²) in [7, 11) is -2.97. The van der Waals surface area contributed by atoms with E-state index in [1.807, 2.05) is 0 Å². The Morgan fingerprint density at radius 3 is 2.88 bits per heavy atom. The molecular formula is C9H15N3O3S. The second-order valence-electron chi connectivity index (χ2n) is 4.00. The molecule has 1 fully saturated rings. The van der Waals surface area contributed by atoms with Gasteiger partial charge in [0.05, 0.1) is 17.5 Å². The minimum Gasteiger partial charge on any atom is -0.338 e. The van der Waals surface area contributed by atoms with Crippen molar-refractivity contribution < 1.29 is 12.9 Å². The quantitative estimate of drug-likeness (QED) is 0.807. The Morgan fingerprint density at radius 2 is 2.25 bits per heavy atom. The predicted octanol–water partition coefficient (Wildman–Crippen LogP) is 0.0381. The number of nitrogens with two attached hydrogens (primary N) is 1. The Hall–Kier alpha value is -0.950. The Bertz CT molecular complexity index is 454. The van der Waals surface area contributed by atoms with E-state index in [1.165, 1.54) is 0 Å². The van der Waals surface area contributed by atoms with Gasteiger partial charge in [0.15, 0.2) is 15.7 Å². The third kappa shape index (κ3) is 2.41. The molecule has 0 aliphatic carbocycles. The lowest BCUT2D eigenvalue weighted by Gasteiger charge is -2.20. The van der Waals surface area contributed by atoms with E-state index in [1.54, 1.807) is 0 Å². The number of hydrogen-bond donors (Lipinski definition) is 1. The van der Waals surface area contributed by atoms with Crippen molar-refractivity contribution in [3.63, 3.8) is 0 Å². The summed E-state index contributed by atoms with van der Waals surface area (Å²) in [6.45, 7) is 0.185. The fourth-order valence-corrected chi connectivity index (χ4v) is 3.78. The Kier molecular flexibility index (Phi) is 3.25. The van der Waals surface area contributed by atoms with Crippen LogP contribution in [0.1, 0.15) is 31.0 Å². The Balaban J connectivity index is 2.08. The van der Waals surface area contributed by atoms with Gasteiger partial charge in [-0.05, 0) is 12.8 Å². The van der Waals surface area contributed by atoms with Crippen molar-refractivity contribution in [3.05, 3.63) is 11.7 Å². The lowest BCUT2D eigenvalue weighted by molar-refractivity contribution is 0.373. The average molecular weight is 245 g/mol. The molecule has 1 aliphatic rings. The van der Waals surface area contributed by atoms with Crippen LogP contribution in [-0.4, -0.2) is 29.6 Å². The van der Waals surface area contributed by atoms with E-state index in [-0.39, 0.29) is 17.5 Å². The smallest absolute Gasteiger partial charge is 0.240 e. The highest BCUT2D eigenvalue weighted by Gasteiger charge is 2.30. The van der Waals surface area contributed by atoms with Crippen LogP contribution in [0, 0.1) is 0 Å². The molecule has 0 radical (unpaired) electrons. The molecule has 2 rings (SSSR count). The third-order valence-corrected chi connectivity index (χ3v) is 5.08.